The zero-order valence-corrected chi connectivity index (χ0v) is 11.0. The van der Waals surface area contributed by atoms with Crippen molar-refractivity contribution in [1.82, 2.24) is 9.36 Å². The Hall–Kier alpha value is -1.63. The Morgan fingerprint density at radius 2 is 1.74 bits per heavy atom. The van der Waals surface area contributed by atoms with E-state index < -0.39 is 11.1 Å². The molecule has 0 saturated carbocycles. The third-order valence-electron chi connectivity index (χ3n) is 2.72. The molecular weight excluding hydrogens is 277 g/mol. The Balaban J connectivity index is 2.60. The van der Waals surface area contributed by atoms with Crippen LogP contribution in [0.25, 0.3) is 5.69 Å². The number of thioether (sulfide) groups is 1. The number of hydrogen-bond acceptors (Lipinski definition) is 2. The summed E-state index contributed by atoms with van der Waals surface area (Å²) in [6, 6.07) is 8.56. The fraction of sp³-hybridized carbons (Fsp3) is 0.250. The largest absolute Gasteiger partial charge is 0.446 e. The Labute approximate surface area is 111 Å². The van der Waals surface area contributed by atoms with Gasteiger partial charge >= 0.3 is 5.51 Å². The van der Waals surface area contributed by atoms with Gasteiger partial charge in [0.15, 0.2) is 0 Å². The van der Waals surface area contributed by atoms with Gasteiger partial charge in [0.2, 0.25) is 0 Å². The molecule has 2 rings (SSSR count). The van der Waals surface area contributed by atoms with E-state index in [9.17, 15) is 18.0 Å². The van der Waals surface area contributed by atoms with Gasteiger partial charge < -0.3 is 0 Å². The van der Waals surface area contributed by atoms with E-state index in [4.69, 9.17) is 0 Å². The van der Waals surface area contributed by atoms with E-state index in [1.54, 1.807) is 37.4 Å². The fourth-order valence-corrected chi connectivity index (χ4v) is 2.46. The van der Waals surface area contributed by atoms with Crippen LogP contribution < -0.4 is 5.56 Å². The number of alkyl halides is 3. The summed E-state index contributed by atoms with van der Waals surface area (Å²) in [7, 11) is 1.56. The van der Waals surface area contributed by atoms with Crippen molar-refractivity contribution in [1.29, 1.82) is 0 Å². The number of rotatable bonds is 2. The number of para-hydroxylation sites is 1. The third-order valence-corrected chi connectivity index (χ3v) is 3.62. The summed E-state index contributed by atoms with van der Waals surface area (Å²) < 4.78 is 40.0. The molecule has 0 fully saturated rings. The molecule has 7 heteroatoms. The van der Waals surface area contributed by atoms with Crippen LogP contribution in [0.2, 0.25) is 0 Å². The lowest BCUT2D eigenvalue weighted by molar-refractivity contribution is -0.0328. The highest BCUT2D eigenvalue weighted by Crippen LogP contribution is 2.36. The van der Waals surface area contributed by atoms with Crippen LogP contribution in [-0.4, -0.2) is 14.9 Å². The van der Waals surface area contributed by atoms with E-state index in [2.05, 4.69) is 0 Å². The van der Waals surface area contributed by atoms with E-state index in [1.807, 2.05) is 0 Å². The highest BCUT2D eigenvalue weighted by atomic mass is 32.2. The van der Waals surface area contributed by atoms with Crippen LogP contribution in [-0.2, 0) is 7.05 Å². The minimum Gasteiger partial charge on any atom is -0.284 e. The van der Waals surface area contributed by atoms with Crippen molar-refractivity contribution in [3.8, 4) is 5.69 Å². The minimum atomic E-state index is -4.47. The van der Waals surface area contributed by atoms with Gasteiger partial charge in [-0.3, -0.25) is 9.48 Å². The summed E-state index contributed by atoms with van der Waals surface area (Å²) in [6.07, 6.45) is 0. The third kappa shape index (κ3) is 2.70. The van der Waals surface area contributed by atoms with Gasteiger partial charge in [-0.05, 0) is 30.8 Å². The number of nitrogens with zero attached hydrogens (tertiary/aromatic N) is 2. The first-order valence-corrected chi connectivity index (χ1v) is 6.22. The maximum absolute atomic E-state index is 12.5. The van der Waals surface area contributed by atoms with Crippen molar-refractivity contribution in [3.05, 3.63) is 46.4 Å². The second-order valence-corrected chi connectivity index (χ2v) is 5.01. The van der Waals surface area contributed by atoms with Crippen LogP contribution >= 0.6 is 11.8 Å². The van der Waals surface area contributed by atoms with Crippen molar-refractivity contribution in [2.24, 2.45) is 7.05 Å². The number of halogens is 3. The van der Waals surface area contributed by atoms with Crippen molar-refractivity contribution in [3.63, 3.8) is 0 Å². The molecule has 1 aromatic heterocycles. The molecule has 0 aliphatic heterocycles. The van der Waals surface area contributed by atoms with Gasteiger partial charge in [0.1, 0.15) is 4.90 Å². The molecule has 0 amide bonds. The van der Waals surface area contributed by atoms with E-state index in [0.29, 0.717) is 5.69 Å². The first kappa shape index (κ1) is 13.8. The maximum Gasteiger partial charge on any atom is 0.446 e. The monoisotopic (exact) mass is 288 g/mol. The van der Waals surface area contributed by atoms with Crippen LogP contribution in [0, 0.1) is 6.92 Å². The number of aromatic nitrogens is 2. The van der Waals surface area contributed by atoms with Crippen LogP contribution in [0.15, 0.2) is 40.0 Å². The highest BCUT2D eigenvalue weighted by molar-refractivity contribution is 8.00. The van der Waals surface area contributed by atoms with Crippen LogP contribution in [0.1, 0.15) is 5.69 Å². The van der Waals surface area contributed by atoms with Crippen LogP contribution in [0.5, 0.6) is 0 Å². The van der Waals surface area contributed by atoms with Gasteiger partial charge in [0.25, 0.3) is 5.56 Å². The lowest BCUT2D eigenvalue weighted by atomic mass is 10.3. The topological polar surface area (TPSA) is 26.9 Å². The predicted octanol–water partition coefficient (Wildman–Crippen LogP) is 3.10. The molecule has 0 aliphatic carbocycles. The normalized spacial score (nSPS) is 11.8. The average molecular weight is 288 g/mol. The Bertz CT molecular complexity index is 643. The molecule has 0 spiro atoms. The molecule has 1 heterocycles. The first-order valence-electron chi connectivity index (χ1n) is 5.41. The first-order chi connectivity index (χ1) is 8.81. The number of benzene rings is 1. The molecular formula is C12H11F3N2OS. The second kappa shape index (κ2) is 4.80. The van der Waals surface area contributed by atoms with Crippen molar-refractivity contribution in [2.45, 2.75) is 17.3 Å². The lowest BCUT2D eigenvalue weighted by Crippen LogP contribution is -2.20. The Kier molecular flexibility index (Phi) is 3.49. The highest BCUT2D eigenvalue weighted by Gasteiger charge is 2.33. The summed E-state index contributed by atoms with van der Waals surface area (Å²) in [6.45, 7) is 1.49. The van der Waals surface area contributed by atoms with Gasteiger partial charge in [-0.1, -0.05) is 18.2 Å². The van der Waals surface area contributed by atoms with Gasteiger partial charge in [0, 0.05) is 7.05 Å². The lowest BCUT2D eigenvalue weighted by Gasteiger charge is -2.07. The predicted molar refractivity (Wildman–Crippen MR) is 67.7 cm³/mol. The van der Waals surface area contributed by atoms with Crippen LogP contribution in [0.3, 0.4) is 0 Å². The summed E-state index contributed by atoms with van der Waals surface area (Å²) in [5, 5.41) is 0. The maximum atomic E-state index is 12.5. The van der Waals surface area contributed by atoms with E-state index in [-0.39, 0.29) is 22.4 Å². The van der Waals surface area contributed by atoms with E-state index in [1.165, 1.54) is 16.3 Å². The fourth-order valence-electron chi connectivity index (χ4n) is 1.78. The van der Waals surface area contributed by atoms with Gasteiger partial charge in [-0.15, -0.1) is 0 Å². The molecule has 3 nitrogen and oxygen atoms in total. The van der Waals surface area contributed by atoms with Crippen molar-refractivity contribution < 1.29 is 13.2 Å². The second-order valence-electron chi connectivity index (χ2n) is 3.94. The molecule has 0 saturated heterocycles. The van der Waals surface area contributed by atoms with Crippen molar-refractivity contribution in [2.75, 3.05) is 0 Å². The summed E-state index contributed by atoms with van der Waals surface area (Å²) >= 11 is -0.371. The zero-order valence-electron chi connectivity index (χ0n) is 10.2. The SMILES string of the molecule is Cc1c(SC(F)(F)F)c(=O)n(-c2ccccc2)n1C. The Morgan fingerprint density at radius 1 is 1.16 bits per heavy atom. The standard InChI is InChI=1S/C12H11F3N2OS/c1-8-10(19-12(13,14)15)11(18)17(16(8)2)9-6-4-3-5-7-9/h3-7H,1-2H3. The molecule has 0 unspecified atom stereocenters. The minimum absolute atomic E-state index is 0.288. The number of hydrogen-bond donors (Lipinski definition) is 0. The van der Waals surface area contributed by atoms with Crippen LogP contribution in [0.4, 0.5) is 13.2 Å². The molecule has 19 heavy (non-hydrogen) atoms. The molecule has 0 bridgehead atoms. The quantitative estimate of drug-likeness (QED) is 0.794. The molecule has 0 N–H and O–H groups in total. The summed E-state index contributed by atoms with van der Waals surface area (Å²) in [5.41, 5.74) is -4.31. The van der Waals surface area contributed by atoms with E-state index >= 15 is 0 Å². The van der Waals surface area contributed by atoms with E-state index in [0.717, 1.165) is 0 Å². The molecule has 102 valence electrons. The molecule has 2 aromatic rings. The Morgan fingerprint density at radius 3 is 2.26 bits per heavy atom. The average Bonchev–Trinajstić information content (AvgIpc) is 2.53. The summed E-state index contributed by atoms with van der Waals surface area (Å²) in [4.78, 5) is 11.8. The zero-order chi connectivity index (χ0) is 14.2. The molecule has 0 aliphatic rings. The summed E-state index contributed by atoms with van der Waals surface area (Å²) in [5.74, 6) is 0. The van der Waals surface area contributed by atoms with Gasteiger partial charge in [0.05, 0.1) is 11.4 Å². The van der Waals surface area contributed by atoms with Gasteiger partial charge in [-0.2, -0.15) is 13.2 Å². The molecule has 0 radical (unpaired) electrons. The molecule has 1 aromatic carbocycles. The smallest absolute Gasteiger partial charge is 0.284 e. The van der Waals surface area contributed by atoms with Gasteiger partial charge in [-0.25, -0.2) is 4.68 Å². The molecule has 0 atom stereocenters. The van der Waals surface area contributed by atoms with Crippen molar-refractivity contribution >= 4 is 11.8 Å².